The van der Waals surface area contributed by atoms with Gasteiger partial charge in [0.1, 0.15) is 5.82 Å². The van der Waals surface area contributed by atoms with E-state index in [0.29, 0.717) is 30.8 Å². The maximum atomic E-state index is 12.5. The summed E-state index contributed by atoms with van der Waals surface area (Å²) in [6.07, 6.45) is -0.902. The summed E-state index contributed by atoms with van der Waals surface area (Å²) in [5, 5.41) is 8.47. The first kappa shape index (κ1) is 20.6. The molecule has 6 nitrogen and oxygen atoms in total. The number of hydrogen-bond acceptors (Lipinski definition) is 4. The van der Waals surface area contributed by atoms with Crippen LogP contribution in [-0.2, 0) is 15.8 Å². The number of halogens is 3. The van der Waals surface area contributed by atoms with E-state index < -0.39 is 11.7 Å². The number of nitrogens with one attached hydrogen (secondary N) is 3. The summed E-state index contributed by atoms with van der Waals surface area (Å²) in [5.74, 6) is 0.351. The van der Waals surface area contributed by atoms with Crippen LogP contribution in [-0.4, -0.2) is 23.3 Å². The molecular weight excluding hydrogens is 385 g/mol. The number of nitrogens with zero attached hydrogens (tertiary/aromatic N) is 1. The number of carbonyl (C=O) groups is 2. The minimum Gasteiger partial charge on any atom is -0.356 e. The summed E-state index contributed by atoms with van der Waals surface area (Å²) in [7, 11) is 0. The van der Waals surface area contributed by atoms with Crippen LogP contribution >= 0.6 is 0 Å². The maximum absolute atomic E-state index is 12.5. The number of anilines is 3. The van der Waals surface area contributed by atoms with Crippen molar-refractivity contribution in [1.82, 2.24) is 10.3 Å². The first-order chi connectivity index (χ1) is 13.8. The second-order valence-electron chi connectivity index (χ2n) is 6.85. The predicted molar refractivity (Wildman–Crippen MR) is 103 cm³/mol. The molecule has 1 fully saturated rings. The normalized spacial score (nSPS) is 13.6. The molecule has 0 unspecified atom stereocenters. The lowest BCUT2D eigenvalue weighted by molar-refractivity contribution is -0.137. The van der Waals surface area contributed by atoms with E-state index in [-0.39, 0.29) is 23.6 Å². The van der Waals surface area contributed by atoms with Crippen LogP contribution in [0.2, 0.25) is 0 Å². The molecule has 2 aromatic rings. The van der Waals surface area contributed by atoms with Gasteiger partial charge in [0.05, 0.1) is 5.56 Å². The van der Waals surface area contributed by atoms with Crippen molar-refractivity contribution >= 4 is 29.0 Å². The minimum atomic E-state index is -4.42. The highest BCUT2D eigenvalue weighted by Crippen LogP contribution is 2.29. The number of benzene rings is 1. The van der Waals surface area contributed by atoms with E-state index in [1.807, 2.05) is 0 Å². The van der Waals surface area contributed by atoms with Gasteiger partial charge in [-0.1, -0.05) is 0 Å². The van der Waals surface area contributed by atoms with Gasteiger partial charge in [-0.05, 0) is 55.7 Å². The van der Waals surface area contributed by atoms with E-state index >= 15 is 0 Å². The van der Waals surface area contributed by atoms with Crippen molar-refractivity contribution in [3.05, 3.63) is 48.2 Å². The molecule has 1 heterocycles. The first-order valence-electron chi connectivity index (χ1n) is 9.29. The summed E-state index contributed by atoms with van der Waals surface area (Å²) in [6.45, 7) is 0.478. The lowest BCUT2D eigenvalue weighted by Crippen LogP contribution is -2.26. The number of hydrogen-bond donors (Lipinski definition) is 3. The Balaban J connectivity index is 1.42. The molecule has 1 aliphatic rings. The van der Waals surface area contributed by atoms with Gasteiger partial charge in [-0.15, -0.1) is 0 Å². The largest absolute Gasteiger partial charge is 0.417 e. The van der Waals surface area contributed by atoms with E-state index in [2.05, 4.69) is 20.9 Å². The van der Waals surface area contributed by atoms with Gasteiger partial charge in [0.25, 0.3) is 0 Å². The zero-order valence-electron chi connectivity index (χ0n) is 15.6. The van der Waals surface area contributed by atoms with Gasteiger partial charge in [-0.25, -0.2) is 4.98 Å². The molecule has 29 heavy (non-hydrogen) atoms. The molecule has 0 aliphatic heterocycles. The zero-order chi connectivity index (χ0) is 20.9. The van der Waals surface area contributed by atoms with Gasteiger partial charge in [-0.2, -0.15) is 13.2 Å². The highest BCUT2D eigenvalue weighted by atomic mass is 19.4. The number of carbonyl (C=O) groups excluding carboxylic acids is 2. The molecule has 0 saturated heterocycles. The van der Waals surface area contributed by atoms with E-state index in [1.54, 1.807) is 24.3 Å². The average molecular weight is 406 g/mol. The average Bonchev–Trinajstić information content (AvgIpc) is 3.52. The van der Waals surface area contributed by atoms with Crippen molar-refractivity contribution in [2.24, 2.45) is 5.92 Å². The van der Waals surface area contributed by atoms with E-state index in [9.17, 15) is 22.8 Å². The third-order valence-corrected chi connectivity index (χ3v) is 4.36. The molecule has 9 heteroatoms. The maximum Gasteiger partial charge on any atom is 0.417 e. The molecule has 1 aromatic heterocycles. The first-order valence-corrected chi connectivity index (χ1v) is 9.29. The summed E-state index contributed by atoms with van der Waals surface area (Å²) in [5.41, 5.74) is 0.411. The van der Waals surface area contributed by atoms with Crippen LogP contribution in [0.4, 0.5) is 30.4 Å². The second-order valence-corrected chi connectivity index (χ2v) is 6.85. The smallest absolute Gasteiger partial charge is 0.356 e. The standard InChI is InChI=1S/C20H21F3N4O2/c21-20(22,23)14-5-10-17(25-12-14)26-15-6-8-16(9-7-15)27-18(28)2-1-11-24-19(29)13-3-4-13/h5-10,12-13H,1-4,11H2,(H,24,29)(H,25,26)(H,27,28). The van der Waals surface area contributed by atoms with Crippen molar-refractivity contribution in [3.8, 4) is 0 Å². The van der Waals surface area contributed by atoms with Crippen molar-refractivity contribution in [3.63, 3.8) is 0 Å². The fraction of sp³-hybridized carbons (Fsp3) is 0.350. The number of amides is 2. The molecule has 1 aliphatic carbocycles. The molecule has 0 atom stereocenters. The lowest BCUT2D eigenvalue weighted by Gasteiger charge is -2.10. The van der Waals surface area contributed by atoms with Crippen LogP contribution in [0.15, 0.2) is 42.6 Å². The Morgan fingerprint density at radius 1 is 1.03 bits per heavy atom. The second kappa shape index (κ2) is 8.93. The molecule has 3 N–H and O–H groups in total. The molecule has 154 valence electrons. The molecular formula is C20H21F3N4O2. The Kier molecular flexibility index (Phi) is 6.36. The monoisotopic (exact) mass is 406 g/mol. The van der Waals surface area contributed by atoms with Crippen molar-refractivity contribution in [2.45, 2.75) is 31.9 Å². The molecule has 0 spiro atoms. The highest BCUT2D eigenvalue weighted by Gasteiger charge is 2.30. The van der Waals surface area contributed by atoms with Gasteiger partial charge in [0.2, 0.25) is 11.8 Å². The van der Waals surface area contributed by atoms with Crippen molar-refractivity contribution < 1.29 is 22.8 Å². The van der Waals surface area contributed by atoms with Crippen molar-refractivity contribution in [1.29, 1.82) is 0 Å². The summed E-state index contributed by atoms with van der Waals surface area (Å²) < 4.78 is 37.6. The van der Waals surface area contributed by atoms with Crippen LogP contribution < -0.4 is 16.0 Å². The summed E-state index contributed by atoms with van der Waals surface area (Å²) in [4.78, 5) is 27.2. The molecule has 0 bridgehead atoms. The third kappa shape index (κ3) is 6.48. The SMILES string of the molecule is O=C(CCCNC(=O)C1CC1)Nc1ccc(Nc2ccc(C(F)(F)F)cn2)cc1. The highest BCUT2D eigenvalue weighted by molar-refractivity contribution is 5.91. The van der Waals surface area contributed by atoms with Crippen molar-refractivity contribution in [2.75, 3.05) is 17.2 Å². The summed E-state index contributed by atoms with van der Waals surface area (Å²) in [6, 6.07) is 8.94. The van der Waals surface area contributed by atoms with Gasteiger partial charge < -0.3 is 16.0 Å². The van der Waals surface area contributed by atoms with Crippen LogP contribution in [0.5, 0.6) is 0 Å². The molecule has 3 rings (SSSR count). The lowest BCUT2D eigenvalue weighted by atomic mass is 10.2. The predicted octanol–water partition coefficient (Wildman–Crippen LogP) is 4.09. The van der Waals surface area contributed by atoms with E-state index in [0.717, 1.165) is 25.1 Å². The molecule has 0 radical (unpaired) electrons. The van der Waals surface area contributed by atoms with Gasteiger partial charge >= 0.3 is 6.18 Å². The van der Waals surface area contributed by atoms with Gasteiger partial charge in [0.15, 0.2) is 0 Å². The Labute approximate surface area is 165 Å². The van der Waals surface area contributed by atoms with E-state index in [1.165, 1.54) is 6.07 Å². The van der Waals surface area contributed by atoms with Gasteiger partial charge in [-0.3, -0.25) is 9.59 Å². The van der Waals surface area contributed by atoms with Crippen LogP contribution in [0.1, 0.15) is 31.2 Å². The molecule has 2 amide bonds. The van der Waals surface area contributed by atoms with E-state index in [4.69, 9.17) is 0 Å². The third-order valence-electron chi connectivity index (χ3n) is 4.36. The minimum absolute atomic E-state index is 0.0658. The number of rotatable bonds is 8. The fourth-order valence-electron chi connectivity index (χ4n) is 2.59. The van der Waals surface area contributed by atoms with Crippen LogP contribution in [0, 0.1) is 5.92 Å². The van der Waals surface area contributed by atoms with Gasteiger partial charge in [0, 0.05) is 36.5 Å². The Hall–Kier alpha value is -3.10. The number of pyridine rings is 1. The van der Waals surface area contributed by atoms with Crippen LogP contribution in [0.3, 0.4) is 0 Å². The summed E-state index contributed by atoms with van der Waals surface area (Å²) >= 11 is 0. The number of aromatic nitrogens is 1. The zero-order valence-corrected chi connectivity index (χ0v) is 15.6. The fourth-order valence-corrected chi connectivity index (χ4v) is 2.59. The Morgan fingerprint density at radius 2 is 1.72 bits per heavy atom. The Bertz CT molecular complexity index is 848. The molecule has 1 saturated carbocycles. The number of alkyl halides is 3. The topological polar surface area (TPSA) is 83.1 Å². The quantitative estimate of drug-likeness (QED) is 0.577. The Morgan fingerprint density at radius 3 is 2.31 bits per heavy atom. The molecule has 1 aromatic carbocycles. The van der Waals surface area contributed by atoms with Crippen LogP contribution in [0.25, 0.3) is 0 Å².